The standard InChI is InChI=1S/C17H21Br/c1-2-3-5-8-15-11-13-17(18,14-12-15)16-9-6-4-7-10-16/h4,6-7,9-13H,2-3,5,8,14H2,1H3. The van der Waals surface area contributed by atoms with Crippen LogP contribution in [-0.4, -0.2) is 0 Å². The molecule has 0 fully saturated rings. The van der Waals surface area contributed by atoms with E-state index in [0.29, 0.717) is 0 Å². The summed E-state index contributed by atoms with van der Waals surface area (Å²) in [6.45, 7) is 2.25. The monoisotopic (exact) mass is 304 g/mol. The smallest absolute Gasteiger partial charge is 0.0723 e. The normalized spacial score (nSPS) is 22.9. The summed E-state index contributed by atoms with van der Waals surface area (Å²) in [4.78, 5) is 0. The van der Waals surface area contributed by atoms with Crippen LogP contribution in [0.15, 0.2) is 54.1 Å². The summed E-state index contributed by atoms with van der Waals surface area (Å²) in [7, 11) is 0. The van der Waals surface area contributed by atoms with E-state index in [2.05, 4.69) is 71.4 Å². The number of rotatable bonds is 5. The number of benzene rings is 1. The number of unbranched alkanes of at least 4 members (excludes halogenated alkanes) is 2. The lowest BCUT2D eigenvalue weighted by atomic mass is 9.88. The molecule has 1 aromatic carbocycles. The van der Waals surface area contributed by atoms with Crippen molar-refractivity contribution in [2.75, 3.05) is 0 Å². The molecule has 2 rings (SSSR count). The average molecular weight is 305 g/mol. The molecular formula is C17H21Br. The van der Waals surface area contributed by atoms with Crippen molar-refractivity contribution >= 4 is 15.9 Å². The van der Waals surface area contributed by atoms with Crippen LogP contribution in [0.25, 0.3) is 0 Å². The molecule has 0 nitrogen and oxygen atoms in total. The molecule has 0 amide bonds. The molecule has 1 aliphatic rings. The Labute approximate surface area is 119 Å². The Bertz CT molecular complexity index is 430. The lowest BCUT2D eigenvalue weighted by Crippen LogP contribution is -2.16. The van der Waals surface area contributed by atoms with E-state index >= 15 is 0 Å². The molecule has 1 aliphatic carbocycles. The highest BCUT2D eigenvalue weighted by atomic mass is 79.9. The summed E-state index contributed by atoms with van der Waals surface area (Å²) < 4.78 is 0.00250. The van der Waals surface area contributed by atoms with Crippen LogP contribution in [0.5, 0.6) is 0 Å². The predicted molar refractivity (Wildman–Crippen MR) is 83.0 cm³/mol. The van der Waals surface area contributed by atoms with Crippen LogP contribution in [0, 0.1) is 0 Å². The third-order valence-corrected chi connectivity index (χ3v) is 4.59. The molecule has 0 aromatic heterocycles. The van der Waals surface area contributed by atoms with Gasteiger partial charge in [0, 0.05) is 0 Å². The Morgan fingerprint density at radius 3 is 2.56 bits per heavy atom. The maximum Gasteiger partial charge on any atom is 0.0723 e. The molecule has 96 valence electrons. The molecule has 0 heterocycles. The van der Waals surface area contributed by atoms with Crippen LogP contribution in [0.1, 0.15) is 44.6 Å². The van der Waals surface area contributed by atoms with E-state index in [-0.39, 0.29) is 4.32 Å². The SMILES string of the molecule is CCCCCC1=CCC(Br)(c2ccccc2)C=C1. The van der Waals surface area contributed by atoms with Gasteiger partial charge < -0.3 is 0 Å². The first-order valence-corrected chi connectivity index (χ1v) is 7.66. The van der Waals surface area contributed by atoms with Gasteiger partial charge in [-0.25, -0.2) is 0 Å². The average Bonchev–Trinajstić information content (AvgIpc) is 2.42. The van der Waals surface area contributed by atoms with Gasteiger partial charge in [0.2, 0.25) is 0 Å². The summed E-state index contributed by atoms with van der Waals surface area (Å²) in [5.74, 6) is 0. The second kappa shape index (κ2) is 6.38. The van der Waals surface area contributed by atoms with Crippen LogP contribution < -0.4 is 0 Å². The third-order valence-electron chi connectivity index (χ3n) is 3.55. The van der Waals surface area contributed by atoms with Gasteiger partial charge in [0.05, 0.1) is 4.32 Å². The van der Waals surface area contributed by atoms with E-state index < -0.39 is 0 Å². The maximum absolute atomic E-state index is 3.88. The molecule has 0 N–H and O–H groups in total. The maximum atomic E-state index is 3.88. The van der Waals surface area contributed by atoms with Crippen molar-refractivity contribution in [2.45, 2.75) is 43.4 Å². The summed E-state index contributed by atoms with van der Waals surface area (Å²) in [5, 5.41) is 0. The quantitative estimate of drug-likeness (QED) is 0.480. The molecule has 18 heavy (non-hydrogen) atoms. The predicted octanol–water partition coefficient (Wildman–Crippen LogP) is 5.74. The highest BCUT2D eigenvalue weighted by Gasteiger charge is 2.26. The van der Waals surface area contributed by atoms with E-state index in [9.17, 15) is 0 Å². The first kappa shape index (κ1) is 13.6. The lowest BCUT2D eigenvalue weighted by molar-refractivity contribution is 0.706. The van der Waals surface area contributed by atoms with Crippen molar-refractivity contribution in [3.05, 3.63) is 59.7 Å². The first-order chi connectivity index (χ1) is 8.74. The Balaban J connectivity index is 1.99. The highest BCUT2D eigenvalue weighted by Crippen LogP contribution is 2.40. The number of alkyl halides is 1. The fourth-order valence-electron chi connectivity index (χ4n) is 2.35. The summed E-state index contributed by atoms with van der Waals surface area (Å²) in [6.07, 6.45) is 13.2. The van der Waals surface area contributed by atoms with Gasteiger partial charge in [0.15, 0.2) is 0 Å². The second-order valence-corrected chi connectivity index (χ2v) is 6.42. The van der Waals surface area contributed by atoms with E-state index in [1.165, 1.54) is 36.8 Å². The fourth-order valence-corrected chi connectivity index (χ4v) is 2.91. The van der Waals surface area contributed by atoms with Gasteiger partial charge >= 0.3 is 0 Å². The van der Waals surface area contributed by atoms with Crippen molar-refractivity contribution in [3.8, 4) is 0 Å². The Morgan fingerprint density at radius 1 is 1.17 bits per heavy atom. The molecular weight excluding hydrogens is 284 g/mol. The van der Waals surface area contributed by atoms with E-state index in [0.717, 1.165) is 6.42 Å². The Kier molecular flexibility index (Phi) is 4.82. The molecule has 0 spiro atoms. The van der Waals surface area contributed by atoms with Crippen LogP contribution in [0.4, 0.5) is 0 Å². The van der Waals surface area contributed by atoms with Crippen molar-refractivity contribution in [3.63, 3.8) is 0 Å². The molecule has 0 saturated heterocycles. The minimum atomic E-state index is 0.00250. The molecule has 1 aromatic rings. The van der Waals surface area contributed by atoms with Gasteiger partial charge in [-0.15, -0.1) is 0 Å². The lowest BCUT2D eigenvalue weighted by Gasteiger charge is -2.26. The zero-order valence-electron chi connectivity index (χ0n) is 11.0. The van der Waals surface area contributed by atoms with Gasteiger partial charge in [-0.05, 0) is 24.8 Å². The zero-order valence-corrected chi connectivity index (χ0v) is 12.6. The van der Waals surface area contributed by atoms with Crippen molar-refractivity contribution in [1.29, 1.82) is 0 Å². The number of halogens is 1. The zero-order chi connectivity index (χ0) is 12.8. The van der Waals surface area contributed by atoms with Gasteiger partial charge in [-0.3, -0.25) is 0 Å². The molecule has 0 saturated carbocycles. The van der Waals surface area contributed by atoms with Gasteiger partial charge in [-0.2, -0.15) is 0 Å². The molecule has 0 radical (unpaired) electrons. The first-order valence-electron chi connectivity index (χ1n) is 6.87. The number of hydrogen-bond donors (Lipinski definition) is 0. The van der Waals surface area contributed by atoms with Crippen LogP contribution in [-0.2, 0) is 4.32 Å². The Hall–Kier alpha value is -0.820. The van der Waals surface area contributed by atoms with Crippen molar-refractivity contribution in [1.82, 2.24) is 0 Å². The number of hydrogen-bond acceptors (Lipinski definition) is 0. The molecule has 0 aliphatic heterocycles. The van der Waals surface area contributed by atoms with Crippen molar-refractivity contribution in [2.24, 2.45) is 0 Å². The topological polar surface area (TPSA) is 0 Å². The number of allylic oxidation sites excluding steroid dienone is 4. The summed E-state index contributed by atoms with van der Waals surface area (Å²) >= 11 is 3.88. The molecule has 1 atom stereocenters. The highest BCUT2D eigenvalue weighted by molar-refractivity contribution is 9.09. The Morgan fingerprint density at radius 2 is 1.94 bits per heavy atom. The van der Waals surface area contributed by atoms with Gasteiger partial charge in [0.25, 0.3) is 0 Å². The van der Waals surface area contributed by atoms with Crippen LogP contribution in [0.2, 0.25) is 0 Å². The molecule has 1 heteroatoms. The van der Waals surface area contributed by atoms with E-state index in [1.54, 1.807) is 0 Å². The van der Waals surface area contributed by atoms with Crippen LogP contribution >= 0.6 is 15.9 Å². The minimum Gasteiger partial charge on any atom is -0.0793 e. The largest absolute Gasteiger partial charge is 0.0793 e. The van der Waals surface area contributed by atoms with Gasteiger partial charge in [0.1, 0.15) is 0 Å². The van der Waals surface area contributed by atoms with Gasteiger partial charge in [-0.1, -0.05) is 89.8 Å². The second-order valence-electron chi connectivity index (χ2n) is 5.00. The van der Waals surface area contributed by atoms with E-state index in [1.807, 2.05) is 0 Å². The van der Waals surface area contributed by atoms with Crippen molar-refractivity contribution < 1.29 is 0 Å². The van der Waals surface area contributed by atoms with E-state index in [4.69, 9.17) is 0 Å². The molecule has 1 unspecified atom stereocenters. The third kappa shape index (κ3) is 3.35. The minimum absolute atomic E-state index is 0.00250. The summed E-state index contributed by atoms with van der Waals surface area (Å²) in [5.41, 5.74) is 2.83. The van der Waals surface area contributed by atoms with Crippen LogP contribution in [0.3, 0.4) is 0 Å². The summed E-state index contributed by atoms with van der Waals surface area (Å²) in [6, 6.07) is 10.7. The fraction of sp³-hybridized carbons (Fsp3) is 0.412. The molecule has 0 bridgehead atoms.